The molecule has 0 saturated carbocycles. The normalized spacial score (nSPS) is 10.3. The van der Waals surface area contributed by atoms with E-state index in [4.69, 9.17) is 17.3 Å². The summed E-state index contributed by atoms with van der Waals surface area (Å²) in [4.78, 5) is 11.6. The molecule has 6 heteroatoms. The number of nitrogens with two attached hydrogens (primary N) is 1. The van der Waals surface area contributed by atoms with Gasteiger partial charge in [-0.2, -0.15) is 4.98 Å². The van der Waals surface area contributed by atoms with E-state index in [1.807, 2.05) is 24.3 Å². The Morgan fingerprint density at radius 1 is 1.17 bits per heavy atom. The molecule has 18 heavy (non-hydrogen) atoms. The fraction of sp³-hybridized carbons (Fsp3) is 0.250. The van der Waals surface area contributed by atoms with Crippen molar-refractivity contribution in [3.8, 4) is 0 Å². The van der Waals surface area contributed by atoms with Gasteiger partial charge in [0.1, 0.15) is 6.33 Å². The van der Waals surface area contributed by atoms with Gasteiger partial charge < -0.3 is 11.1 Å². The molecule has 0 spiro atoms. The molecule has 1 aromatic heterocycles. The van der Waals surface area contributed by atoms with Crippen LogP contribution in [0.1, 0.15) is 12.0 Å². The monoisotopic (exact) mass is 263 g/mol. The van der Waals surface area contributed by atoms with Gasteiger partial charge in [0.2, 0.25) is 11.9 Å². The lowest BCUT2D eigenvalue weighted by Gasteiger charge is -2.04. The summed E-state index contributed by atoms with van der Waals surface area (Å²) < 4.78 is 0. The SMILES string of the molecule is Nc1ncnc(NCCCc2ccc(Cl)cc2)n1. The van der Waals surface area contributed by atoms with E-state index in [9.17, 15) is 0 Å². The van der Waals surface area contributed by atoms with Crippen LogP contribution < -0.4 is 11.1 Å². The molecule has 1 aromatic carbocycles. The third-order valence-electron chi connectivity index (χ3n) is 2.43. The molecule has 0 aliphatic carbocycles. The second-order valence-electron chi connectivity index (χ2n) is 3.82. The second kappa shape index (κ2) is 6.16. The quantitative estimate of drug-likeness (QED) is 0.809. The van der Waals surface area contributed by atoms with Crippen molar-refractivity contribution in [2.75, 3.05) is 17.6 Å². The molecule has 0 aliphatic heterocycles. The Morgan fingerprint density at radius 3 is 2.67 bits per heavy atom. The summed E-state index contributed by atoms with van der Waals surface area (Å²) in [6.45, 7) is 0.784. The van der Waals surface area contributed by atoms with Crippen molar-refractivity contribution < 1.29 is 0 Å². The largest absolute Gasteiger partial charge is 0.368 e. The van der Waals surface area contributed by atoms with Crippen LogP contribution >= 0.6 is 11.6 Å². The van der Waals surface area contributed by atoms with Crippen LogP contribution in [0.4, 0.5) is 11.9 Å². The lowest BCUT2D eigenvalue weighted by atomic mass is 10.1. The fourth-order valence-corrected chi connectivity index (χ4v) is 1.66. The van der Waals surface area contributed by atoms with Crippen LogP contribution in [0.5, 0.6) is 0 Å². The highest BCUT2D eigenvalue weighted by Gasteiger charge is 1.97. The van der Waals surface area contributed by atoms with E-state index < -0.39 is 0 Å². The Kier molecular flexibility index (Phi) is 4.30. The highest BCUT2D eigenvalue weighted by Crippen LogP contribution is 2.10. The average Bonchev–Trinajstić information content (AvgIpc) is 2.37. The molecule has 0 atom stereocenters. The number of nitrogens with zero attached hydrogens (tertiary/aromatic N) is 3. The van der Waals surface area contributed by atoms with Crippen molar-refractivity contribution in [3.63, 3.8) is 0 Å². The van der Waals surface area contributed by atoms with Crippen LogP contribution in [0.25, 0.3) is 0 Å². The van der Waals surface area contributed by atoms with Crippen LogP contribution in [0, 0.1) is 0 Å². The zero-order valence-electron chi connectivity index (χ0n) is 9.81. The van der Waals surface area contributed by atoms with E-state index in [1.165, 1.54) is 11.9 Å². The third kappa shape index (κ3) is 3.85. The third-order valence-corrected chi connectivity index (χ3v) is 2.68. The van der Waals surface area contributed by atoms with Gasteiger partial charge in [0.05, 0.1) is 0 Å². The maximum absolute atomic E-state index is 5.82. The lowest BCUT2D eigenvalue weighted by Crippen LogP contribution is -2.08. The van der Waals surface area contributed by atoms with Crippen LogP contribution in [0.3, 0.4) is 0 Å². The van der Waals surface area contributed by atoms with E-state index in [-0.39, 0.29) is 5.95 Å². The number of nitrogens with one attached hydrogen (secondary N) is 1. The Bertz CT molecular complexity index is 500. The highest BCUT2D eigenvalue weighted by atomic mass is 35.5. The molecule has 2 rings (SSSR count). The van der Waals surface area contributed by atoms with E-state index in [1.54, 1.807) is 0 Å². The van der Waals surface area contributed by atoms with Crippen molar-refractivity contribution in [3.05, 3.63) is 41.2 Å². The first kappa shape index (κ1) is 12.6. The van der Waals surface area contributed by atoms with Crippen LogP contribution in [-0.2, 0) is 6.42 Å². The van der Waals surface area contributed by atoms with Crippen molar-refractivity contribution >= 4 is 23.5 Å². The predicted molar refractivity (Wildman–Crippen MR) is 72.5 cm³/mol. The summed E-state index contributed by atoms with van der Waals surface area (Å²) in [5.41, 5.74) is 6.71. The van der Waals surface area contributed by atoms with Gasteiger partial charge in [-0.05, 0) is 30.5 Å². The van der Waals surface area contributed by atoms with E-state index in [0.29, 0.717) is 5.95 Å². The summed E-state index contributed by atoms with van der Waals surface area (Å²) in [5, 5.41) is 3.86. The molecule has 0 saturated heterocycles. The van der Waals surface area contributed by atoms with Crippen molar-refractivity contribution in [2.45, 2.75) is 12.8 Å². The second-order valence-corrected chi connectivity index (χ2v) is 4.26. The zero-order chi connectivity index (χ0) is 12.8. The molecule has 5 nitrogen and oxygen atoms in total. The van der Waals surface area contributed by atoms with E-state index in [2.05, 4.69) is 20.3 Å². The smallest absolute Gasteiger partial charge is 0.227 e. The minimum atomic E-state index is 0.227. The molecule has 94 valence electrons. The van der Waals surface area contributed by atoms with Crippen molar-refractivity contribution in [1.29, 1.82) is 0 Å². The molecule has 1 heterocycles. The Balaban J connectivity index is 1.74. The number of hydrogen-bond acceptors (Lipinski definition) is 5. The first-order valence-electron chi connectivity index (χ1n) is 5.67. The van der Waals surface area contributed by atoms with Gasteiger partial charge in [0, 0.05) is 11.6 Å². The van der Waals surface area contributed by atoms with Gasteiger partial charge in [0.25, 0.3) is 0 Å². The standard InChI is InChI=1S/C12H14ClN5/c13-10-5-3-9(4-6-10)2-1-7-15-12-17-8-16-11(14)18-12/h3-6,8H,1-2,7H2,(H3,14,15,16,17,18). The minimum absolute atomic E-state index is 0.227. The number of hydrogen-bond donors (Lipinski definition) is 2. The minimum Gasteiger partial charge on any atom is -0.368 e. The molecule has 3 N–H and O–H groups in total. The molecule has 0 radical (unpaired) electrons. The number of benzene rings is 1. The molecule has 0 amide bonds. The summed E-state index contributed by atoms with van der Waals surface area (Å²) in [7, 11) is 0. The van der Waals surface area contributed by atoms with Crippen LogP contribution in [0.2, 0.25) is 5.02 Å². The first-order valence-corrected chi connectivity index (χ1v) is 6.04. The fourth-order valence-electron chi connectivity index (χ4n) is 1.54. The van der Waals surface area contributed by atoms with Gasteiger partial charge in [-0.25, -0.2) is 9.97 Å². The molecule has 0 fully saturated rings. The number of aryl methyl sites for hydroxylation is 1. The maximum Gasteiger partial charge on any atom is 0.227 e. The zero-order valence-corrected chi connectivity index (χ0v) is 10.6. The van der Waals surface area contributed by atoms with Crippen LogP contribution in [0.15, 0.2) is 30.6 Å². The summed E-state index contributed by atoms with van der Waals surface area (Å²) >= 11 is 5.82. The summed E-state index contributed by atoms with van der Waals surface area (Å²) in [6, 6.07) is 7.86. The van der Waals surface area contributed by atoms with E-state index in [0.717, 1.165) is 24.4 Å². The van der Waals surface area contributed by atoms with E-state index >= 15 is 0 Å². The molecular formula is C12H14ClN5. The Hall–Kier alpha value is -1.88. The van der Waals surface area contributed by atoms with Gasteiger partial charge >= 0.3 is 0 Å². The van der Waals surface area contributed by atoms with Gasteiger partial charge in [-0.15, -0.1) is 0 Å². The molecule has 0 unspecified atom stereocenters. The highest BCUT2D eigenvalue weighted by molar-refractivity contribution is 6.30. The predicted octanol–water partition coefficient (Wildman–Crippen LogP) is 2.15. The number of aromatic nitrogens is 3. The Morgan fingerprint density at radius 2 is 1.94 bits per heavy atom. The average molecular weight is 264 g/mol. The summed E-state index contributed by atoms with van der Waals surface area (Å²) in [5.74, 6) is 0.740. The Labute approximate surface area is 110 Å². The molecular weight excluding hydrogens is 250 g/mol. The molecule has 2 aromatic rings. The summed E-state index contributed by atoms with van der Waals surface area (Å²) in [6.07, 6.45) is 3.35. The number of anilines is 2. The van der Waals surface area contributed by atoms with Gasteiger partial charge in [0.15, 0.2) is 0 Å². The maximum atomic E-state index is 5.82. The van der Waals surface area contributed by atoms with Gasteiger partial charge in [-0.3, -0.25) is 0 Å². The van der Waals surface area contributed by atoms with Crippen molar-refractivity contribution in [2.24, 2.45) is 0 Å². The van der Waals surface area contributed by atoms with Crippen molar-refractivity contribution in [1.82, 2.24) is 15.0 Å². The lowest BCUT2D eigenvalue weighted by molar-refractivity contribution is 0.850. The number of nitrogen functional groups attached to an aromatic ring is 1. The van der Waals surface area contributed by atoms with Crippen LogP contribution in [-0.4, -0.2) is 21.5 Å². The molecule has 0 bridgehead atoms. The topological polar surface area (TPSA) is 76.7 Å². The number of rotatable bonds is 5. The first-order chi connectivity index (χ1) is 8.74. The number of halogens is 1. The van der Waals surface area contributed by atoms with Gasteiger partial charge in [-0.1, -0.05) is 23.7 Å². The molecule has 0 aliphatic rings.